The lowest BCUT2D eigenvalue weighted by atomic mass is 10.0. The Hall–Kier alpha value is -0.870. The molecule has 0 saturated heterocycles. The fraction of sp³-hybridized carbons (Fsp3) is 0.956. The zero-order chi connectivity index (χ0) is 52.0. The van der Waals surface area contributed by atoms with Gasteiger partial charge in [0.15, 0.2) is 0 Å². The quantitative estimate of drug-likeness (QED) is 0.0420. The van der Waals surface area contributed by atoms with E-state index in [0.29, 0.717) is 12.8 Å². The molecule has 2 unspecified atom stereocenters. The lowest BCUT2D eigenvalue weighted by Gasteiger charge is -2.22. The summed E-state index contributed by atoms with van der Waals surface area (Å²) in [6.07, 6.45) is 85.5. The van der Waals surface area contributed by atoms with Crippen LogP contribution in [0.2, 0.25) is 0 Å². The maximum atomic E-state index is 12.5. The smallest absolute Gasteiger partial charge is 0.220 e. The first kappa shape index (κ1) is 71.1. The van der Waals surface area contributed by atoms with Gasteiger partial charge in [-0.25, -0.2) is 0 Å². The zero-order valence-corrected chi connectivity index (χ0v) is 49.7. The van der Waals surface area contributed by atoms with E-state index in [0.717, 1.165) is 25.7 Å². The van der Waals surface area contributed by atoms with Crippen molar-refractivity contribution < 1.29 is 15.0 Å². The number of carbonyl (C=O) groups is 1. The second-order valence-electron chi connectivity index (χ2n) is 23.6. The predicted octanol–water partition coefficient (Wildman–Crippen LogP) is 22.8. The largest absolute Gasteiger partial charge is 0.394 e. The van der Waals surface area contributed by atoms with E-state index in [-0.39, 0.29) is 12.5 Å². The summed E-state index contributed by atoms with van der Waals surface area (Å²) in [5, 5.41) is 23.4. The highest BCUT2D eigenvalue weighted by Crippen LogP contribution is 2.19. The van der Waals surface area contributed by atoms with E-state index in [2.05, 4.69) is 31.3 Å². The maximum Gasteiger partial charge on any atom is 0.220 e. The normalized spacial score (nSPS) is 12.7. The van der Waals surface area contributed by atoms with Crippen LogP contribution in [-0.4, -0.2) is 34.9 Å². The molecule has 3 N–H and O–H groups in total. The van der Waals surface area contributed by atoms with Crippen LogP contribution in [0.25, 0.3) is 0 Å². The van der Waals surface area contributed by atoms with Gasteiger partial charge in [0.2, 0.25) is 5.91 Å². The minimum Gasteiger partial charge on any atom is -0.394 e. The van der Waals surface area contributed by atoms with Gasteiger partial charge in [0.05, 0.1) is 18.8 Å². The Bertz CT molecular complexity index is 1010. The zero-order valence-electron chi connectivity index (χ0n) is 49.7. The van der Waals surface area contributed by atoms with E-state index in [1.807, 2.05) is 0 Å². The molecular weight excluding hydrogens is 879 g/mol. The first-order valence-electron chi connectivity index (χ1n) is 33.9. The molecular formula is C68H135NO3. The molecule has 0 rings (SSSR count). The molecule has 0 aliphatic rings. The van der Waals surface area contributed by atoms with E-state index >= 15 is 0 Å². The number of hydrogen-bond donors (Lipinski definition) is 3. The molecule has 4 nitrogen and oxygen atoms in total. The summed E-state index contributed by atoms with van der Waals surface area (Å²) >= 11 is 0. The lowest BCUT2D eigenvalue weighted by molar-refractivity contribution is -0.123. The molecule has 0 aliphatic carbocycles. The van der Waals surface area contributed by atoms with Crippen molar-refractivity contribution in [3.8, 4) is 0 Å². The summed E-state index contributed by atoms with van der Waals surface area (Å²) in [5.41, 5.74) is 0. The Kier molecular flexibility index (Phi) is 63.6. The van der Waals surface area contributed by atoms with Crippen molar-refractivity contribution in [2.75, 3.05) is 6.61 Å². The molecule has 430 valence electrons. The first-order valence-corrected chi connectivity index (χ1v) is 33.9. The molecule has 0 aromatic heterocycles. The average Bonchev–Trinajstić information content (AvgIpc) is 3.39. The topological polar surface area (TPSA) is 69.6 Å². The number of nitrogens with one attached hydrogen (secondary N) is 1. The van der Waals surface area contributed by atoms with Crippen LogP contribution < -0.4 is 5.32 Å². The van der Waals surface area contributed by atoms with Crippen LogP contribution in [0, 0.1) is 0 Å². The number of carbonyl (C=O) groups excluding carboxylic acids is 1. The van der Waals surface area contributed by atoms with Crippen molar-refractivity contribution in [3.63, 3.8) is 0 Å². The number of aliphatic hydroxyl groups is 2. The van der Waals surface area contributed by atoms with Gasteiger partial charge in [-0.1, -0.05) is 366 Å². The van der Waals surface area contributed by atoms with Crippen LogP contribution in [0.4, 0.5) is 0 Å². The standard InChI is InChI=1S/C68H135NO3/c1-3-5-7-9-11-13-15-17-19-21-23-25-27-28-29-30-31-32-33-34-35-36-37-38-39-40-42-44-46-48-50-52-54-56-58-60-62-64-68(72)69-66(65-70)67(71)63-61-59-57-55-53-51-49-47-45-43-41-26-24-22-20-18-16-14-12-10-8-6-4-2/h21,23,66-67,70-71H,3-20,22,24-65H2,1-2H3,(H,69,72)/b23-21-. The third kappa shape index (κ3) is 60.0. The number of rotatable bonds is 64. The van der Waals surface area contributed by atoms with Gasteiger partial charge in [-0.05, 0) is 38.5 Å². The van der Waals surface area contributed by atoms with Crippen molar-refractivity contribution in [3.05, 3.63) is 12.2 Å². The van der Waals surface area contributed by atoms with Gasteiger partial charge in [0, 0.05) is 6.42 Å². The van der Waals surface area contributed by atoms with Gasteiger partial charge in [-0.2, -0.15) is 0 Å². The minimum atomic E-state index is -0.657. The number of aliphatic hydroxyl groups excluding tert-OH is 2. The van der Waals surface area contributed by atoms with E-state index in [1.165, 1.54) is 347 Å². The molecule has 0 radical (unpaired) electrons. The lowest BCUT2D eigenvalue weighted by Crippen LogP contribution is -2.45. The Balaban J connectivity index is 3.36. The van der Waals surface area contributed by atoms with Gasteiger partial charge >= 0.3 is 0 Å². The second kappa shape index (κ2) is 64.4. The maximum absolute atomic E-state index is 12.5. The molecule has 0 spiro atoms. The van der Waals surface area contributed by atoms with Crippen LogP contribution in [0.15, 0.2) is 12.2 Å². The summed E-state index contributed by atoms with van der Waals surface area (Å²) in [6, 6.07) is -0.533. The summed E-state index contributed by atoms with van der Waals surface area (Å²) in [7, 11) is 0. The predicted molar refractivity (Wildman–Crippen MR) is 323 cm³/mol. The summed E-state index contributed by atoms with van der Waals surface area (Å²) in [4.78, 5) is 12.5. The van der Waals surface area contributed by atoms with Crippen LogP contribution in [-0.2, 0) is 4.79 Å². The van der Waals surface area contributed by atoms with Crippen molar-refractivity contribution in [2.24, 2.45) is 0 Å². The van der Waals surface area contributed by atoms with Gasteiger partial charge in [-0.3, -0.25) is 4.79 Å². The first-order chi connectivity index (χ1) is 35.7. The summed E-state index contributed by atoms with van der Waals surface area (Å²) in [5.74, 6) is -0.0208. The van der Waals surface area contributed by atoms with E-state index < -0.39 is 12.1 Å². The number of amides is 1. The number of hydrogen-bond acceptors (Lipinski definition) is 3. The fourth-order valence-corrected chi connectivity index (χ4v) is 11.1. The Morgan fingerprint density at radius 3 is 0.764 bits per heavy atom. The van der Waals surface area contributed by atoms with E-state index in [4.69, 9.17) is 0 Å². The van der Waals surface area contributed by atoms with Gasteiger partial charge in [0.1, 0.15) is 0 Å². The molecule has 0 aromatic rings. The van der Waals surface area contributed by atoms with E-state index in [9.17, 15) is 15.0 Å². The Labute approximate surface area is 454 Å². The van der Waals surface area contributed by atoms with Crippen LogP contribution in [0.5, 0.6) is 0 Å². The monoisotopic (exact) mass is 1010 g/mol. The molecule has 0 heterocycles. The summed E-state index contributed by atoms with van der Waals surface area (Å²) in [6.45, 7) is 4.41. The van der Waals surface area contributed by atoms with Crippen LogP contribution >= 0.6 is 0 Å². The molecule has 1 amide bonds. The highest BCUT2D eigenvalue weighted by molar-refractivity contribution is 5.76. The molecule has 0 fully saturated rings. The third-order valence-electron chi connectivity index (χ3n) is 16.3. The van der Waals surface area contributed by atoms with Gasteiger partial charge in [0.25, 0.3) is 0 Å². The van der Waals surface area contributed by atoms with Crippen molar-refractivity contribution in [2.45, 2.75) is 411 Å². The van der Waals surface area contributed by atoms with Crippen molar-refractivity contribution >= 4 is 5.91 Å². The highest BCUT2D eigenvalue weighted by Gasteiger charge is 2.20. The van der Waals surface area contributed by atoms with Crippen LogP contribution in [0.1, 0.15) is 399 Å². The molecule has 0 bridgehead atoms. The molecule has 0 saturated carbocycles. The highest BCUT2D eigenvalue weighted by atomic mass is 16.3. The van der Waals surface area contributed by atoms with Crippen molar-refractivity contribution in [1.82, 2.24) is 5.32 Å². The number of unbranched alkanes of at least 4 members (excludes halogenated alkanes) is 55. The van der Waals surface area contributed by atoms with Crippen LogP contribution in [0.3, 0.4) is 0 Å². The summed E-state index contributed by atoms with van der Waals surface area (Å²) < 4.78 is 0. The molecule has 72 heavy (non-hydrogen) atoms. The Morgan fingerprint density at radius 1 is 0.319 bits per heavy atom. The Morgan fingerprint density at radius 2 is 0.528 bits per heavy atom. The molecule has 2 atom stereocenters. The fourth-order valence-electron chi connectivity index (χ4n) is 11.1. The molecule has 0 aromatic carbocycles. The molecule has 0 aliphatic heterocycles. The van der Waals surface area contributed by atoms with E-state index in [1.54, 1.807) is 0 Å². The van der Waals surface area contributed by atoms with Gasteiger partial charge < -0.3 is 15.5 Å². The number of allylic oxidation sites excluding steroid dienone is 2. The van der Waals surface area contributed by atoms with Crippen molar-refractivity contribution in [1.29, 1.82) is 0 Å². The second-order valence-corrected chi connectivity index (χ2v) is 23.6. The van der Waals surface area contributed by atoms with Gasteiger partial charge in [-0.15, -0.1) is 0 Å². The average molecular weight is 1010 g/mol. The molecule has 4 heteroatoms. The SMILES string of the molecule is CCCCCCCCCC/C=C\CCCCCCCCCCCCCCCCCCCCCCCCCCCC(=O)NC(CO)C(O)CCCCCCCCCCCCCCCCCCCCCCCCC. The minimum absolute atomic E-state index is 0.0208. The third-order valence-corrected chi connectivity index (χ3v) is 16.3.